The number of nitrogens with zero attached hydrogens (tertiary/aromatic N) is 6. The van der Waals surface area contributed by atoms with Crippen molar-refractivity contribution >= 4 is 11.3 Å². The molecular formula is C18H20N6O2. The Morgan fingerprint density at radius 2 is 2.08 bits per heavy atom. The highest BCUT2D eigenvalue weighted by atomic mass is 16.5. The van der Waals surface area contributed by atoms with Crippen molar-refractivity contribution in [1.29, 1.82) is 0 Å². The molecule has 1 aliphatic carbocycles. The average molecular weight is 352 g/mol. The van der Waals surface area contributed by atoms with Crippen LogP contribution in [-0.4, -0.2) is 51.4 Å². The van der Waals surface area contributed by atoms with Gasteiger partial charge in [0.05, 0.1) is 25.5 Å². The zero-order chi connectivity index (χ0) is 17.7. The fourth-order valence-electron chi connectivity index (χ4n) is 4.24. The third-order valence-corrected chi connectivity index (χ3v) is 5.44. The summed E-state index contributed by atoms with van der Waals surface area (Å²) in [6.45, 7) is 1.09. The van der Waals surface area contributed by atoms with Crippen LogP contribution in [0.25, 0.3) is 16.9 Å². The lowest BCUT2D eigenvalue weighted by molar-refractivity contribution is 0.353. The maximum Gasteiger partial charge on any atom is 0.319 e. The summed E-state index contributed by atoms with van der Waals surface area (Å²) in [6.07, 6.45) is 9.21. The zero-order valence-electron chi connectivity index (χ0n) is 14.8. The Kier molecular flexibility index (Phi) is 3.44. The molecule has 8 heteroatoms. The van der Waals surface area contributed by atoms with E-state index < -0.39 is 0 Å². The van der Waals surface area contributed by atoms with Gasteiger partial charge in [0.2, 0.25) is 5.88 Å². The molecule has 1 saturated carbocycles. The van der Waals surface area contributed by atoms with Gasteiger partial charge >= 0.3 is 6.01 Å². The number of rotatable bonds is 4. The lowest BCUT2D eigenvalue weighted by atomic mass is 10.1. The molecule has 8 nitrogen and oxygen atoms in total. The topological polar surface area (TPSA) is 77.7 Å². The van der Waals surface area contributed by atoms with E-state index in [9.17, 15) is 0 Å². The largest absolute Gasteiger partial charge is 0.480 e. The molecule has 2 fully saturated rings. The van der Waals surface area contributed by atoms with Crippen LogP contribution in [-0.2, 0) is 0 Å². The highest BCUT2D eigenvalue weighted by Gasteiger charge is 2.39. The van der Waals surface area contributed by atoms with Crippen molar-refractivity contribution in [3.8, 4) is 23.1 Å². The molecule has 0 N–H and O–H groups in total. The number of anilines is 1. The maximum atomic E-state index is 5.44. The smallest absolute Gasteiger partial charge is 0.319 e. The molecule has 4 heterocycles. The molecule has 1 saturated heterocycles. The fraction of sp³-hybridized carbons (Fsp3) is 0.444. The molecule has 26 heavy (non-hydrogen) atoms. The molecular weight excluding hydrogens is 332 g/mol. The molecule has 2 atom stereocenters. The van der Waals surface area contributed by atoms with Gasteiger partial charge in [0, 0.05) is 31.2 Å². The first-order chi connectivity index (χ1) is 12.8. The van der Waals surface area contributed by atoms with Gasteiger partial charge < -0.3 is 14.4 Å². The molecule has 2 aliphatic rings. The molecule has 0 spiro atoms. The summed E-state index contributed by atoms with van der Waals surface area (Å²) in [5.41, 5.74) is 3.49. The van der Waals surface area contributed by atoms with Crippen molar-refractivity contribution in [2.75, 3.05) is 25.7 Å². The standard InChI is InChI=1S/C18H20N6O2/c1-25-17-13(9-20-18(21-17)26-2)14-8-15(16-19-5-6-24(16)22-14)23-10-11-3-4-12(23)7-11/h5-6,8-9,11-12H,3-4,7,10H2,1-2H3. The maximum absolute atomic E-state index is 5.44. The summed E-state index contributed by atoms with van der Waals surface area (Å²) in [4.78, 5) is 15.5. The molecule has 0 aromatic carbocycles. The van der Waals surface area contributed by atoms with Gasteiger partial charge in [-0.05, 0) is 31.2 Å². The summed E-state index contributed by atoms with van der Waals surface area (Å²) in [6, 6.07) is 2.95. The summed E-state index contributed by atoms with van der Waals surface area (Å²) in [7, 11) is 3.12. The molecule has 134 valence electrons. The van der Waals surface area contributed by atoms with Crippen LogP contribution in [0.4, 0.5) is 5.69 Å². The van der Waals surface area contributed by atoms with E-state index in [2.05, 4.69) is 25.9 Å². The minimum absolute atomic E-state index is 0.270. The van der Waals surface area contributed by atoms with Gasteiger partial charge in [-0.1, -0.05) is 0 Å². The second kappa shape index (κ2) is 5.82. The summed E-state index contributed by atoms with van der Waals surface area (Å²) in [5.74, 6) is 1.24. The monoisotopic (exact) mass is 352 g/mol. The molecule has 0 amide bonds. The van der Waals surface area contributed by atoms with Crippen molar-refractivity contribution in [3.05, 3.63) is 24.7 Å². The number of hydrogen-bond donors (Lipinski definition) is 0. The van der Waals surface area contributed by atoms with Gasteiger partial charge in [-0.3, -0.25) is 0 Å². The van der Waals surface area contributed by atoms with E-state index in [-0.39, 0.29) is 6.01 Å². The lowest BCUT2D eigenvalue weighted by Crippen LogP contribution is -2.32. The second-order valence-corrected chi connectivity index (χ2v) is 6.88. The van der Waals surface area contributed by atoms with Crippen LogP contribution in [0, 0.1) is 5.92 Å². The van der Waals surface area contributed by atoms with E-state index in [1.54, 1.807) is 19.5 Å². The predicted molar refractivity (Wildman–Crippen MR) is 95.6 cm³/mol. The van der Waals surface area contributed by atoms with Gasteiger partial charge in [0.25, 0.3) is 0 Å². The molecule has 5 rings (SSSR count). The molecule has 3 aromatic rings. The summed E-state index contributed by atoms with van der Waals surface area (Å²) in [5, 5.41) is 4.69. The molecule has 2 bridgehead atoms. The molecule has 1 aliphatic heterocycles. The number of ether oxygens (including phenoxy) is 2. The first kappa shape index (κ1) is 15.4. The van der Waals surface area contributed by atoms with Crippen LogP contribution in [0.3, 0.4) is 0 Å². The van der Waals surface area contributed by atoms with Crippen molar-refractivity contribution < 1.29 is 9.47 Å². The van der Waals surface area contributed by atoms with Crippen LogP contribution in [0.15, 0.2) is 24.7 Å². The van der Waals surface area contributed by atoms with E-state index in [0.29, 0.717) is 11.9 Å². The van der Waals surface area contributed by atoms with Crippen LogP contribution < -0.4 is 14.4 Å². The molecule has 2 unspecified atom stereocenters. The SMILES string of the molecule is COc1ncc(-c2cc(N3CC4CCC3C4)c3nccn3n2)c(OC)n1. The van der Waals surface area contributed by atoms with E-state index in [1.807, 2.05) is 10.7 Å². The Balaban J connectivity index is 1.65. The Morgan fingerprint density at radius 1 is 1.15 bits per heavy atom. The Hall–Kier alpha value is -2.90. The number of methoxy groups -OCH3 is 2. The van der Waals surface area contributed by atoms with Crippen LogP contribution in [0.2, 0.25) is 0 Å². The van der Waals surface area contributed by atoms with Gasteiger partial charge in [0.1, 0.15) is 5.69 Å². The predicted octanol–water partition coefficient (Wildman–Crippen LogP) is 2.19. The van der Waals surface area contributed by atoms with Gasteiger partial charge in [-0.2, -0.15) is 10.1 Å². The fourth-order valence-corrected chi connectivity index (χ4v) is 4.24. The van der Waals surface area contributed by atoms with Gasteiger partial charge in [-0.15, -0.1) is 0 Å². The quantitative estimate of drug-likeness (QED) is 0.712. The third-order valence-electron chi connectivity index (χ3n) is 5.44. The first-order valence-electron chi connectivity index (χ1n) is 8.83. The highest BCUT2D eigenvalue weighted by molar-refractivity contribution is 5.76. The molecule has 0 radical (unpaired) electrons. The minimum atomic E-state index is 0.270. The lowest BCUT2D eigenvalue weighted by Gasteiger charge is -2.29. The number of aromatic nitrogens is 5. The van der Waals surface area contributed by atoms with Gasteiger partial charge in [0.15, 0.2) is 5.65 Å². The van der Waals surface area contributed by atoms with E-state index >= 15 is 0 Å². The van der Waals surface area contributed by atoms with E-state index in [1.165, 1.54) is 26.4 Å². The Labute approximate surface area is 150 Å². The average Bonchev–Trinajstić information content (AvgIpc) is 3.42. The van der Waals surface area contributed by atoms with Crippen molar-refractivity contribution in [2.45, 2.75) is 25.3 Å². The number of imidazole rings is 1. The number of fused-ring (bicyclic) bond motifs is 3. The first-order valence-corrected chi connectivity index (χ1v) is 8.83. The third kappa shape index (κ3) is 2.28. The summed E-state index contributed by atoms with van der Waals surface area (Å²) < 4.78 is 12.4. The molecule has 3 aromatic heterocycles. The van der Waals surface area contributed by atoms with Crippen LogP contribution in [0.5, 0.6) is 11.9 Å². The Morgan fingerprint density at radius 3 is 2.81 bits per heavy atom. The van der Waals surface area contributed by atoms with Crippen molar-refractivity contribution in [1.82, 2.24) is 24.6 Å². The second-order valence-electron chi connectivity index (χ2n) is 6.88. The summed E-state index contributed by atoms with van der Waals surface area (Å²) >= 11 is 0. The van der Waals surface area contributed by atoms with Crippen molar-refractivity contribution in [3.63, 3.8) is 0 Å². The number of hydrogen-bond acceptors (Lipinski definition) is 7. The van der Waals surface area contributed by atoms with E-state index in [4.69, 9.17) is 14.6 Å². The van der Waals surface area contributed by atoms with E-state index in [0.717, 1.165) is 35.1 Å². The normalized spacial score (nSPS) is 21.5. The number of piperidine rings is 1. The van der Waals surface area contributed by atoms with Crippen LogP contribution in [0.1, 0.15) is 19.3 Å². The van der Waals surface area contributed by atoms with Crippen molar-refractivity contribution in [2.24, 2.45) is 5.92 Å². The van der Waals surface area contributed by atoms with Gasteiger partial charge in [-0.25, -0.2) is 14.5 Å². The zero-order valence-corrected chi connectivity index (χ0v) is 14.8. The Bertz CT molecular complexity index is 971. The van der Waals surface area contributed by atoms with Crippen LogP contribution >= 0.6 is 0 Å². The minimum Gasteiger partial charge on any atom is -0.480 e. The highest BCUT2D eigenvalue weighted by Crippen LogP contribution is 2.42.